The maximum absolute atomic E-state index is 13.0. The van der Waals surface area contributed by atoms with Crippen LogP contribution in [0.4, 0.5) is 10.1 Å². The monoisotopic (exact) mass is 412 g/mol. The van der Waals surface area contributed by atoms with Gasteiger partial charge < -0.3 is 10.6 Å². The molecule has 0 saturated heterocycles. The second-order valence-corrected chi connectivity index (χ2v) is 5.88. The number of benzene rings is 2. The van der Waals surface area contributed by atoms with Crippen molar-refractivity contribution >= 4 is 40.1 Å². The first kappa shape index (κ1) is 16.4. The van der Waals surface area contributed by atoms with Gasteiger partial charge in [-0.05, 0) is 64.6 Å². The van der Waals surface area contributed by atoms with Crippen molar-refractivity contribution in [2.24, 2.45) is 0 Å². The molecular weight excluding hydrogens is 398 g/mol. The quantitative estimate of drug-likeness (QED) is 0.743. The van der Waals surface area contributed by atoms with E-state index in [0.29, 0.717) is 11.3 Å². The van der Waals surface area contributed by atoms with Crippen molar-refractivity contribution < 1.29 is 14.0 Å². The van der Waals surface area contributed by atoms with Crippen molar-refractivity contribution in [3.63, 3.8) is 0 Å². The van der Waals surface area contributed by atoms with Crippen LogP contribution in [-0.2, 0) is 16.0 Å². The first-order chi connectivity index (χ1) is 10.5. The standard InChI is InChI=1S/C16H14FIN2O2/c17-12-3-1-2-11(8-12)9-15(21)19-10-16(22)20-14-6-4-13(18)5-7-14/h1-8H,9-10H2,(H,19,21)(H,20,22). The predicted molar refractivity (Wildman–Crippen MR) is 90.9 cm³/mol. The molecule has 0 fully saturated rings. The van der Waals surface area contributed by atoms with Gasteiger partial charge in [-0.3, -0.25) is 9.59 Å². The van der Waals surface area contributed by atoms with E-state index in [1.807, 2.05) is 12.1 Å². The highest BCUT2D eigenvalue weighted by molar-refractivity contribution is 14.1. The molecule has 0 spiro atoms. The Morgan fingerprint density at radius 2 is 1.77 bits per heavy atom. The molecule has 114 valence electrons. The average Bonchev–Trinajstić information content (AvgIpc) is 2.48. The maximum Gasteiger partial charge on any atom is 0.243 e. The predicted octanol–water partition coefficient (Wildman–Crippen LogP) is 2.73. The Morgan fingerprint density at radius 3 is 2.45 bits per heavy atom. The molecule has 0 bridgehead atoms. The first-order valence-electron chi connectivity index (χ1n) is 6.59. The van der Waals surface area contributed by atoms with Crippen LogP contribution < -0.4 is 10.6 Å². The van der Waals surface area contributed by atoms with E-state index in [-0.39, 0.29) is 30.6 Å². The van der Waals surface area contributed by atoms with E-state index in [4.69, 9.17) is 0 Å². The van der Waals surface area contributed by atoms with Gasteiger partial charge in [0.1, 0.15) is 5.82 Å². The van der Waals surface area contributed by atoms with Crippen molar-refractivity contribution in [2.45, 2.75) is 6.42 Å². The Kier molecular flexibility index (Phi) is 5.88. The van der Waals surface area contributed by atoms with Crippen molar-refractivity contribution in [3.8, 4) is 0 Å². The second-order valence-electron chi connectivity index (χ2n) is 4.64. The van der Waals surface area contributed by atoms with E-state index in [2.05, 4.69) is 33.2 Å². The van der Waals surface area contributed by atoms with E-state index < -0.39 is 0 Å². The van der Waals surface area contributed by atoms with Crippen molar-refractivity contribution in [2.75, 3.05) is 11.9 Å². The number of amides is 2. The molecule has 22 heavy (non-hydrogen) atoms. The zero-order valence-electron chi connectivity index (χ0n) is 11.6. The van der Waals surface area contributed by atoms with E-state index in [1.54, 1.807) is 24.3 Å². The molecule has 0 heterocycles. The molecule has 2 amide bonds. The molecule has 6 heteroatoms. The lowest BCUT2D eigenvalue weighted by Crippen LogP contribution is -2.33. The van der Waals surface area contributed by atoms with Crippen LogP contribution in [0.2, 0.25) is 0 Å². The number of carbonyl (C=O) groups excluding carboxylic acids is 2. The van der Waals surface area contributed by atoms with Gasteiger partial charge in [-0.2, -0.15) is 0 Å². The van der Waals surface area contributed by atoms with Gasteiger partial charge in [0.2, 0.25) is 11.8 Å². The Hall–Kier alpha value is -1.96. The number of halogens is 2. The Labute approximate surface area is 141 Å². The van der Waals surface area contributed by atoms with E-state index in [1.165, 1.54) is 12.1 Å². The number of rotatable bonds is 5. The van der Waals surface area contributed by atoms with Gasteiger partial charge in [-0.1, -0.05) is 12.1 Å². The third kappa shape index (κ3) is 5.44. The Bertz CT molecular complexity index is 674. The lowest BCUT2D eigenvalue weighted by molar-refractivity contribution is -0.123. The minimum Gasteiger partial charge on any atom is -0.347 e. The van der Waals surface area contributed by atoms with E-state index in [9.17, 15) is 14.0 Å². The van der Waals surface area contributed by atoms with Crippen LogP contribution in [-0.4, -0.2) is 18.4 Å². The van der Waals surface area contributed by atoms with Crippen LogP contribution in [0.25, 0.3) is 0 Å². The summed E-state index contributed by atoms with van der Waals surface area (Å²) in [5.41, 5.74) is 1.24. The summed E-state index contributed by atoms with van der Waals surface area (Å²) >= 11 is 2.17. The van der Waals surface area contributed by atoms with Gasteiger partial charge in [-0.15, -0.1) is 0 Å². The molecule has 0 aliphatic heterocycles. The molecule has 0 aliphatic carbocycles. The fourth-order valence-electron chi connectivity index (χ4n) is 1.81. The van der Waals surface area contributed by atoms with Crippen LogP contribution in [0.15, 0.2) is 48.5 Å². The van der Waals surface area contributed by atoms with Crippen LogP contribution in [0.3, 0.4) is 0 Å². The van der Waals surface area contributed by atoms with Crippen molar-refractivity contribution in [3.05, 3.63) is 63.5 Å². The summed E-state index contributed by atoms with van der Waals surface area (Å²) < 4.78 is 14.1. The van der Waals surface area contributed by atoms with Crippen LogP contribution in [0, 0.1) is 9.39 Å². The van der Waals surface area contributed by atoms with Gasteiger partial charge in [-0.25, -0.2) is 4.39 Å². The van der Waals surface area contributed by atoms with Crippen LogP contribution in [0.5, 0.6) is 0 Å². The van der Waals surface area contributed by atoms with Crippen LogP contribution in [0.1, 0.15) is 5.56 Å². The lowest BCUT2D eigenvalue weighted by atomic mass is 10.1. The third-order valence-electron chi connectivity index (χ3n) is 2.83. The number of anilines is 1. The molecule has 0 aromatic heterocycles. The van der Waals surface area contributed by atoms with Gasteiger partial charge in [0.15, 0.2) is 0 Å². The Morgan fingerprint density at radius 1 is 1.05 bits per heavy atom. The first-order valence-corrected chi connectivity index (χ1v) is 7.67. The molecule has 0 unspecified atom stereocenters. The molecule has 2 aromatic rings. The SMILES string of the molecule is O=C(Cc1cccc(F)c1)NCC(=O)Nc1ccc(I)cc1. The number of nitrogens with one attached hydrogen (secondary N) is 2. The number of hydrogen-bond acceptors (Lipinski definition) is 2. The summed E-state index contributed by atoms with van der Waals surface area (Å²) in [6.07, 6.45) is 0.0363. The van der Waals surface area contributed by atoms with Gasteiger partial charge in [0, 0.05) is 9.26 Å². The number of carbonyl (C=O) groups is 2. The van der Waals surface area contributed by atoms with Gasteiger partial charge in [0.25, 0.3) is 0 Å². The van der Waals surface area contributed by atoms with Crippen molar-refractivity contribution in [1.29, 1.82) is 0 Å². The summed E-state index contributed by atoms with van der Waals surface area (Å²) in [5, 5.41) is 5.19. The molecular formula is C16H14FIN2O2. The normalized spacial score (nSPS) is 10.1. The Balaban J connectivity index is 1.78. The van der Waals surface area contributed by atoms with E-state index in [0.717, 1.165) is 3.57 Å². The molecule has 0 aliphatic rings. The largest absolute Gasteiger partial charge is 0.347 e. The molecule has 4 nitrogen and oxygen atoms in total. The molecule has 2 aromatic carbocycles. The molecule has 2 N–H and O–H groups in total. The zero-order valence-corrected chi connectivity index (χ0v) is 13.8. The highest BCUT2D eigenvalue weighted by Gasteiger charge is 2.07. The summed E-state index contributed by atoms with van der Waals surface area (Å²) in [7, 11) is 0. The van der Waals surface area contributed by atoms with Gasteiger partial charge in [0.05, 0.1) is 13.0 Å². The fraction of sp³-hybridized carbons (Fsp3) is 0.125. The maximum atomic E-state index is 13.0. The van der Waals surface area contributed by atoms with Crippen LogP contribution >= 0.6 is 22.6 Å². The smallest absolute Gasteiger partial charge is 0.243 e. The number of hydrogen-bond donors (Lipinski definition) is 2. The lowest BCUT2D eigenvalue weighted by Gasteiger charge is -2.07. The van der Waals surface area contributed by atoms with Crippen molar-refractivity contribution in [1.82, 2.24) is 5.32 Å². The molecule has 0 saturated carbocycles. The minimum absolute atomic E-state index is 0.0363. The molecule has 2 rings (SSSR count). The highest BCUT2D eigenvalue weighted by Crippen LogP contribution is 2.10. The molecule has 0 atom stereocenters. The highest BCUT2D eigenvalue weighted by atomic mass is 127. The summed E-state index contributed by atoms with van der Waals surface area (Å²) in [6, 6.07) is 13.1. The average molecular weight is 412 g/mol. The van der Waals surface area contributed by atoms with E-state index >= 15 is 0 Å². The molecule has 0 radical (unpaired) electrons. The second kappa shape index (κ2) is 7.88. The third-order valence-corrected chi connectivity index (χ3v) is 3.55. The summed E-state index contributed by atoms with van der Waals surface area (Å²) in [4.78, 5) is 23.4. The zero-order chi connectivity index (χ0) is 15.9. The minimum atomic E-state index is -0.387. The summed E-state index contributed by atoms with van der Waals surface area (Å²) in [5.74, 6) is -1.03. The fourth-order valence-corrected chi connectivity index (χ4v) is 2.17. The van der Waals surface area contributed by atoms with Gasteiger partial charge >= 0.3 is 0 Å². The topological polar surface area (TPSA) is 58.2 Å². The summed E-state index contributed by atoms with van der Waals surface area (Å²) in [6.45, 7) is -0.125.